The van der Waals surface area contributed by atoms with Crippen LogP contribution in [-0.2, 0) is 11.3 Å². The van der Waals surface area contributed by atoms with E-state index in [2.05, 4.69) is 15.7 Å². The number of aromatic nitrogens is 2. The second-order valence-corrected chi connectivity index (χ2v) is 6.91. The molecule has 0 bridgehead atoms. The molecule has 2 N–H and O–H groups in total. The lowest BCUT2D eigenvalue weighted by atomic mass is 10.1. The standard InChI is InChI=1S/C23H24N4O4/c1-16(24-23(30)20-11-12-21(28)27(26-20)13-14-31-2)18-9-6-10-19(15-18)25-22(29)17-7-4-3-5-8-17/h3-12,15-16H,13-14H2,1-2H3,(H,24,30)(H,25,29). The summed E-state index contributed by atoms with van der Waals surface area (Å²) in [7, 11) is 1.53. The van der Waals surface area contributed by atoms with Crippen LogP contribution < -0.4 is 16.2 Å². The van der Waals surface area contributed by atoms with Gasteiger partial charge < -0.3 is 15.4 Å². The molecule has 8 heteroatoms. The first kappa shape index (κ1) is 21.9. The Morgan fingerprint density at radius 1 is 1.03 bits per heavy atom. The van der Waals surface area contributed by atoms with Crippen LogP contribution in [0.3, 0.4) is 0 Å². The molecule has 1 unspecified atom stereocenters. The van der Waals surface area contributed by atoms with Crippen molar-refractivity contribution in [3.8, 4) is 0 Å². The number of ether oxygens (including phenoxy) is 1. The molecule has 0 saturated heterocycles. The van der Waals surface area contributed by atoms with E-state index in [-0.39, 0.29) is 29.7 Å². The van der Waals surface area contributed by atoms with Crippen LogP contribution in [0.4, 0.5) is 5.69 Å². The van der Waals surface area contributed by atoms with Crippen molar-refractivity contribution in [3.63, 3.8) is 0 Å². The Hall–Kier alpha value is -3.78. The smallest absolute Gasteiger partial charge is 0.272 e. The fourth-order valence-electron chi connectivity index (χ4n) is 2.94. The van der Waals surface area contributed by atoms with Crippen molar-refractivity contribution in [1.29, 1.82) is 0 Å². The summed E-state index contributed by atoms with van der Waals surface area (Å²) in [6.07, 6.45) is 0. The van der Waals surface area contributed by atoms with E-state index in [1.165, 1.54) is 23.9 Å². The first-order chi connectivity index (χ1) is 15.0. The molecule has 8 nitrogen and oxygen atoms in total. The summed E-state index contributed by atoms with van der Waals surface area (Å²) < 4.78 is 6.16. The number of hydrogen-bond acceptors (Lipinski definition) is 5. The fraction of sp³-hybridized carbons (Fsp3) is 0.217. The average molecular weight is 420 g/mol. The number of carbonyl (C=O) groups excluding carboxylic acids is 2. The van der Waals surface area contributed by atoms with Gasteiger partial charge in [0.25, 0.3) is 17.4 Å². The third kappa shape index (κ3) is 5.86. The number of amides is 2. The third-order valence-corrected chi connectivity index (χ3v) is 4.63. The molecule has 1 heterocycles. The number of nitrogens with one attached hydrogen (secondary N) is 2. The van der Waals surface area contributed by atoms with Gasteiger partial charge in [-0.15, -0.1) is 0 Å². The zero-order valence-corrected chi connectivity index (χ0v) is 17.4. The van der Waals surface area contributed by atoms with E-state index in [4.69, 9.17) is 4.74 Å². The number of rotatable bonds is 8. The minimum Gasteiger partial charge on any atom is -0.383 e. The van der Waals surface area contributed by atoms with Crippen LogP contribution in [0.5, 0.6) is 0 Å². The van der Waals surface area contributed by atoms with Crippen LogP contribution in [0.1, 0.15) is 39.4 Å². The zero-order valence-electron chi connectivity index (χ0n) is 17.4. The largest absolute Gasteiger partial charge is 0.383 e. The van der Waals surface area contributed by atoms with Crippen LogP contribution in [0.15, 0.2) is 71.5 Å². The van der Waals surface area contributed by atoms with Crippen LogP contribution in [-0.4, -0.2) is 35.3 Å². The molecule has 0 fully saturated rings. The second kappa shape index (κ2) is 10.3. The summed E-state index contributed by atoms with van der Waals surface area (Å²) in [6, 6.07) is 18.5. The van der Waals surface area contributed by atoms with Crippen molar-refractivity contribution >= 4 is 17.5 Å². The second-order valence-electron chi connectivity index (χ2n) is 6.91. The summed E-state index contributed by atoms with van der Waals surface area (Å²) in [6.45, 7) is 2.40. The van der Waals surface area contributed by atoms with Gasteiger partial charge in [0.1, 0.15) is 5.69 Å². The predicted octanol–water partition coefficient (Wildman–Crippen LogP) is 2.63. The van der Waals surface area contributed by atoms with E-state index in [1.807, 2.05) is 25.1 Å². The van der Waals surface area contributed by atoms with Gasteiger partial charge in [-0.25, -0.2) is 4.68 Å². The molecule has 0 saturated carbocycles. The summed E-state index contributed by atoms with van der Waals surface area (Å²) in [4.78, 5) is 36.8. The van der Waals surface area contributed by atoms with Crippen LogP contribution in [0.2, 0.25) is 0 Å². The first-order valence-electron chi connectivity index (χ1n) is 9.82. The van der Waals surface area contributed by atoms with Gasteiger partial charge in [0.15, 0.2) is 0 Å². The maximum atomic E-state index is 12.6. The van der Waals surface area contributed by atoms with Gasteiger partial charge in [0.05, 0.1) is 19.2 Å². The number of anilines is 1. The van der Waals surface area contributed by atoms with E-state index in [1.54, 1.807) is 36.4 Å². The molecular weight excluding hydrogens is 396 g/mol. The molecule has 0 aliphatic carbocycles. The SMILES string of the molecule is COCCn1nc(C(=O)NC(C)c2cccc(NC(=O)c3ccccc3)c2)ccc1=O. The lowest BCUT2D eigenvalue weighted by Crippen LogP contribution is -2.31. The maximum Gasteiger partial charge on any atom is 0.272 e. The Kier molecular flexibility index (Phi) is 7.29. The molecule has 160 valence electrons. The highest BCUT2D eigenvalue weighted by molar-refractivity contribution is 6.04. The fourth-order valence-corrected chi connectivity index (χ4v) is 2.94. The first-order valence-corrected chi connectivity index (χ1v) is 9.82. The lowest BCUT2D eigenvalue weighted by Gasteiger charge is -2.16. The third-order valence-electron chi connectivity index (χ3n) is 4.63. The molecule has 31 heavy (non-hydrogen) atoms. The van der Waals surface area contributed by atoms with Gasteiger partial charge >= 0.3 is 0 Å². The minimum atomic E-state index is -0.405. The Bertz CT molecular complexity index is 1110. The Morgan fingerprint density at radius 2 is 1.81 bits per heavy atom. The molecule has 2 aromatic carbocycles. The molecule has 0 aliphatic rings. The molecular formula is C23H24N4O4. The van der Waals surface area contributed by atoms with Crippen molar-refractivity contribution in [2.75, 3.05) is 19.0 Å². The minimum absolute atomic E-state index is 0.135. The average Bonchev–Trinajstić information content (AvgIpc) is 2.79. The maximum absolute atomic E-state index is 12.6. The van der Waals surface area contributed by atoms with Crippen LogP contribution in [0, 0.1) is 0 Å². The summed E-state index contributed by atoms with van der Waals surface area (Å²) in [5, 5.41) is 9.83. The van der Waals surface area contributed by atoms with Gasteiger partial charge in [-0.2, -0.15) is 5.10 Å². The zero-order chi connectivity index (χ0) is 22.2. The van der Waals surface area contributed by atoms with Gasteiger partial charge in [-0.05, 0) is 42.8 Å². The van der Waals surface area contributed by atoms with Crippen molar-refractivity contribution in [1.82, 2.24) is 15.1 Å². The molecule has 1 aromatic heterocycles. The Balaban J connectivity index is 1.68. The van der Waals surface area contributed by atoms with Crippen molar-refractivity contribution in [2.24, 2.45) is 0 Å². The topological polar surface area (TPSA) is 102 Å². The summed E-state index contributed by atoms with van der Waals surface area (Å²) >= 11 is 0. The van der Waals surface area contributed by atoms with Gasteiger partial charge in [0, 0.05) is 24.4 Å². The highest BCUT2D eigenvalue weighted by atomic mass is 16.5. The van der Waals surface area contributed by atoms with Crippen molar-refractivity contribution < 1.29 is 14.3 Å². The van der Waals surface area contributed by atoms with E-state index >= 15 is 0 Å². The van der Waals surface area contributed by atoms with Crippen LogP contribution >= 0.6 is 0 Å². The molecule has 0 aliphatic heterocycles. The van der Waals surface area contributed by atoms with Gasteiger partial charge in [-0.1, -0.05) is 30.3 Å². The van der Waals surface area contributed by atoms with E-state index in [0.29, 0.717) is 17.9 Å². The number of carbonyl (C=O) groups is 2. The number of nitrogens with zero attached hydrogens (tertiary/aromatic N) is 2. The molecule has 3 rings (SSSR count). The Labute approximate surface area is 179 Å². The number of hydrogen-bond donors (Lipinski definition) is 2. The number of benzene rings is 2. The monoisotopic (exact) mass is 420 g/mol. The number of methoxy groups -OCH3 is 1. The summed E-state index contributed by atoms with van der Waals surface area (Å²) in [5.74, 6) is -0.616. The van der Waals surface area contributed by atoms with Crippen molar-refractivity contribution in [3.05, 3.63) is 93.9 Å². The highest BCUT2D eigenvalue weighted by Gasteiger charge is 2.15. The molecule has 0 radical (unpaired) electrons. The molecule has 3 aromatic rings. The van der Waals surface area contributed by atoms with Gasteiger partial charge in [0.2, 0.25) is 0 Å². The van der Waals surface area contributed by atoms with Crippen molar-refractivity contribution in [2.45, 2.75) is 19.5 Å². The highest BCUT2D eigenvalue weighted by Crippen LogP contribution is 2.18. The van der Waals surface area contributed by atoms with Gasteiger partial charge in [-0.3, -0.25) is 14.4 Å². The lowest BCUT2D eigenvalue weighted by molar-refractivity contribution is 0.0930. The van der Waals surface area contributed by atoms with Crippen LogP contribution in [0.25, 0.3) is 0 Å². The Morgan fingerprint density at radius 3 is 2.55 bits per heavy atom. The molecule has 2 amide bonds. The summed E-state index contributed by atoms with van der Waals surface area (Å²) in [5.41, 5.74) is 1.83. The predicted molar refractivity (Wildman–Crippen MR) is 117 cm³/mol. The normalized spacial score (nSPS) is 11.5. The molecule has 1 atom stereocenters. The van der Waals surface area contributed by atoms with E-state index < -0.39 is 5.91 Å². The van der Waals surface area contributed by atoms with E-state index in [9.17, 15) is 14.4 Å². The van der Waals surface area contributed by atoms with E-state index in [0.717, 1.165) is 5.56 Å². The quantitative estimate of drug-likeness (QED) is 0.583. The molecule has 0 spiro atoms.